The topological polar surface area (TPSA) is 74.8 Å². The van der Waals surface area contributed by atoms with Crippen LogP contribution in [0.5, 0.6) is 0 Å². The lowest BCUT2D eigenvalue weighted by molar-refractivity contribution is 0.385. The maximum absolute atomic E-state index is 12.9. The van der Waals surface area contributed by atoms with Crippen LogP contribution in [0.15, 0.2) is 58.3 Å². The zero-order chi connectivity index (χ0) is 18.9. The monoisotopic (exact) mass is 414 g/mol. The number of sulfonamides is 1. The molecule has 0 saturated carbocycles. The maximum Gasteiger partial charge on any atom is 0.243 e. The van der Waals surface area contributed by atoms with E-state index in [4.69, 9.17) is 11.6 Å². The highest BCUT2D eigenvalue weighted by molar-refractivity contribution is 7.91. The van der Waals surface area contributed by atoms with Crippen molar-refractivity contribution in [1.82, 2.24) is 4.31 Å². The summed E-state index contributed by atoms with van der Waals surface area (Å²) >= 11 is 6.21. The summed E-state index contributed by atoms with van der Waals surface area (Å²) in [4.78, 5) is 2.03. The predicted molar refractivity (Wildman–Crippen MR) is 102 cm³/mol. The molecule has 0 radical (unpaired) electrons. The number of halogens is 1. The van der Waals surface area contributed by atoms with Crippen LogP contribution in [0.1, 0.15) is 0 Å². The molecule has 1 saturated heterocycles. The number of para-hydroxylation sites is 1. The zero-order valence-corrected chi connectivity index (χ0v) is 16.6. The molecular weight excluding hydrogens is 396 g/mol. The molecule has 1 heterocycles. The smallest absolute Gasteiger partial charge is 0.243 e. The molecule has 140 valence electrons. The Balaban J connectivity index is 1.80. The van der Waals surface area contributed by atoms with Crippen molar-refractivity contribution >= 4 is 37.1 Å². The largest absolute Gasteiger partial charge is 0.368 e. The first-order valence-corrected chi connectivity index (χ1v) is 11.7. The van der Waals surface area contributed by atoms with Gasteiger partial charge in [0.25, 0.3) is 0 Å². The van der Waals surface area contributed by atoms with Crippen LogP contribution in [0, 0.1) is 0 Å². The van der Waals surface area contributed by atoms with Crippen LogP contribution in [0.4, 0.5) is 5.69 Å². The number of benzene rings is 2. The summed E-state index contributed by atoms with van der Waals surface area (Å²) in [5.74, 6) is 0. The molecule has 26 heavy (non-hydrogen) atoms. The standard InChI is InChI=1S/C17H19ClN2O4S2/c1-25(21,22)14-5-4-6-15(13-14)26(23,24)20-11-9-19(10-12-20)17-8-3-2-7-16(17)18/h2-8,13H,9-12H2,1H3. The summed E-state index contributed by atoms with van der Waals surface area (Å²) in [5.41, 5.74) is 0.880. The van der Waals surface area contributed by atoms with Crippen LogP contribution in [0.3, 0.4) is 0 Å². The molecule has 6 nitrogen and oxygen atoms in total. The van der Waals surface area contributed by atoms with E-state index in [0.29, 0.717) is 31.2 Å². The fourth-order valence-electron chi connectivity index (χ4n) is 2.89. The third kappa shape index (κ3) is 3.88. The van der Waals surface area contributed by atoms with Gasteiger partial charge in [-0.3, -0.25) is 0 Å². The minimum absolute atomic E-state index is 0.00622. The van der Waals surface area contributed by atoms with Crippen LogP contribution in [-0.2, 0) is 19.9 Å². The van der Waals surface area contributed by atoms with Crippen LogP contribution < -0.4 is 4.90 Å². The molecule has 0 aliphatic carbocycles. The number of piperazine rings is 1. The van der Waals surface area contributed by atoms with E-state index in [2.05, 4.69) is 0 Å². The molecule has 1 fully saturated rings. The Labute approximate surface area is 159 Å². The summed E-state index contributed by atoms with van der Waals surface area (Å²) in [6.07, 6.45) is 1.06. The van der Waals surface area contributed by atoms with Crippen molar-refractivity contribution in [3.8, 4) is 0 Å². The van der Waals surface area contributed by atoms with Crippen molar-refractivity contribution in [3.63, 3.8) is 0 Å². The SMILES string of the molecule is CS(=O)(=O)c1cccc(S(=O)(=O)N2CCN(c3ccccc3Cl)CC2)c1. The average Bonchev–Trinajstić information content (AvgIpc) is 2.62. The molecule has 0 spiro atoms. The fraction of sp³-hybridized carbons (Fsp3) is 0.294. The lowest BCUT2D eigenvalue weighted by Gasteiger charge is -2.35. The van der Waals surface area contributed by atoms with Gasteiger partial charge in [-0.25, -0.2) is 16.8 Å². The summed E-state index contributed by atoms with van der Waals surface area (Å²) in [6.45, 7) is 1.62. The van der Waals surface area contributed by atoms with Gasteiger partial charge in [-0.1, -0.05) is 29.8 Å². The minimum Gasteiger partial charge on any atom is -0.368 e. The third-order valence-corrected chi connectivity index (χ3v) is 7.63. The molecule has 2 aromatic carbocycles. The fourth-order valence-corrected chi connectivity index (χ4v) is 5.36. The second kappa shape index (κ2) is 7.19. The predicted octanol–water partition coefficient (Wildman–Crippen LogP) is 2.25. The van der Waals surface area contributed by atoms with E-state index < -0.39 is 19.9 Å². The van der Waals surface area contributed by atoms with Gasteiger partial charge in [0.2, 0.25) is 10.0 Å². The molecule has 3 rings (SSSR count). The lowest BCUT2D eigenvalue weighted by atomic mass is 10.2. The van der Waals surface area contributed by atoms with Crippen molar-refractivity contribution in [2.45, 2.75) is 9.79 Å². The molecule has 0 amide bonds. The highest BCUT2D eigenvalue weighted by Crippen LogP contribution is 2.27. The Hall–Kier alpha value is -1.61. The van der Waals surface area contributed by atoms with Gasteiger partial charge >= 0.3 is 0 Å². The van der Waals surface area contributed by atoms with E-state index >= 15 is 0 Å². The van der Waals surface area contributed by atoms with Crippen molar-refractivity contribution in [3.05, 3.63) is 53.6 Å². The first-order valence-electron chi connectivity index (χ1n) is 7.99. The lowest BCUT2D eigenvalue weighted by Crippen LogP contribution is -2.48. The number of sulfone groups is 1. The van der Waals surface area contributed by atoms with Gasteiger partial charge in [0.1, 0.15) is 0 Å². The first kappa shape index (κ1) is 19.2. The molecule has 1 aliphatic rings. The number of nitrogens with zero attached hydrogens (tertiary/aromatic N) is 2. The van der Waals surface area contributed by atoms with Crippen LogP contribution >= 0.6 is 11.6 Å². The number of hydrogen-bond donors (Lipinski definition) is 0. The molecule has 1 aliphatic heterocycles. The van der Waals surface area contributed by atoms with Gasteiger partial charge in [-0.05, 0) is 30.3 Å². The number of anilines is 1. The molecular formula is C17H19ClN2O4S2. The van der Waals surface area contributed by atoms with Crippen molar-refractivity contribution in [2.75, 3.05) is 37.3 Å². The molecule has 2 aromatic rings. The van der Waals surface area contributed by atoms with E-state index in [9.17, 15) is 16.8 Å². The van der Waals surface area contributed by atoms with E-state index in [0.717, 1.165) is 11.9 Å². The Kier molecular flexibility index (Phi) is 5.30. The third-order valence-electron chi connectivity index (χ3n) is 4.30. The Bertz CT molecular complexity index is 1010. The summed E-state index contributed by atoms with van der Waals surface area (Å²) in [5, 5.41) is 0.629. The quantitative estimate of drug-likeness (QED) is 0.767. The Morgan fingerprint density at radius 1 is 0.846 bits per heavy atom. The molecule has 0 atom stereocenters. The first-order chi connectivity index (χ1) is 12.2. The van der Waals surface area contributed by atoms with Crippen LogP contribution in [0.25, 0.3) is 0 Å². The highest BCUT2D eigenvalue weighted by Gasteiger charge is 2.29. The zero-order valence-electron chi connectivity index (χ0n) is 14.2. The normalized spacial score (nSPS) is 16.6. The summed E-state index contributed by atoms with van der Waals surface area (Å²) in [7, 11) is -7.22. The Morgan fingerprint density at radius 2 is 1.46 bits per heavy atom. The van der Waals surface area contributed by atoms with Crippen molar-refractivity contribution < 1.29 is 16.8 Å². The Morgan fingerprint density at radius 3 is 2.08 bits per heavy atom. The molecule has 9 heteroatoms. The van der Waals surface area contributed by atoms with E-state index in [1.165, 1.54) is 28.6 Å². The van der Waals surface area contributed by atoms with Gasteiger partial charge in [-0.15, -0.1) is 0 Å². The van der Waals surface area contributed by atoms with Crippen molar-refractivity contribution in [1.29, 1.82) is 0 Å². The number of hydrogen-bond acceptors (Lipinski definition) is 5. The van der Waals surface area contributed by atoms with Crippen molar-refractivity contribution in [2.24, 2.45) is 0 Å². The molecule has 0 aromatic heterocycles. The van der Waals surface area contributed by atoms with E-state index in [1.54, 1.807) is 6.07 Å². The second-order valence-electron chi connectivity index (χ2n) is 6.09. The van der Waals surface area contributed by atoms with E-state index in [1.807, 2.05) is 23.1 Å². The van der Waals surface area contributed by atoms with E-state index in [-0.39, 0.29) is 9.79 Å². The van der Waals surface area contributed by atoms with Gasteiger partial charge in [0.15, 0.2) is 9.84 Å². The average molecular weight is 415 g/mol. The van der Waals surface area contributed by atoms with Crippen LogP contribution in [-0.4, -0.2) is 53.6 Å². The van der Waals surface area contributed by atoms with Gasteiger partial charge < -0.3 is 4.90 Å². The minimum atomic E-state index is -3.75. The maximum atomic E-state index is 12.9. The highest BCUT2D eigenvalue weighted by atomic mass is 35.5. The molecule has 0 bridgehead atoms. The molecule has 0 unspecified atom stereocenters. The number of rotatable bonds is 4. The summed E-state index contributed by atoms with van der Waals surface area (Å²) in [6, 6.07) is 12.9. The summed E-state index contributed by atoms with van der Waals surface area (Å²) < 4.78 is 50.5. The van der Waals surface area contributed by atoms with Gasteiger partial charge in [-0.2, -0.15) is 4.31 Å². The van der Waals surface area contributed by atoms with Crippen LogP contribution in [0.2, 0.25) is 5.02 Å². The van der Waals surface area contributed by atoms with Gasteiger partial charge in [0.05, 0.1) is 20.5 Å². The second-order valence-corrected chi connectivity index (χ2v) is 10.5. The molecule has 0 N–H and O–H groups in total. The van der Waals surface area contributed by atoms with Gasteiger partial charge in [0, 0.05) is 32.4 Å².